The molecule has 0 saturated heterocycles. The van der Waals surface area contributed by atoms with Gasteiger partial charge < -0.3 is 0 Å². The van der Waals surface area contributed by atoms with Crippen molar-refractivity contribution in [2.75, 3.05) is 4.72 Å². The van der Waals surface area contributed by atoms with Gasteiger partial charge in [0.2, 0.25) is 0 Å². The van der Waals surface area contributed by atoms with Gasteiger partial charge in [-0.15, -0.1) is 0 Å². The van der Waals surface area contributed by atoms with Crippen molar-refractivity contribution in [1.82, 2.24) is 4.98 Å². The van der Waals surface area contributed by atoms with E-state index in [9.17, 15) is 12.8 Å². The van der Waals surface area contributed by atoms with Gasteiger partial charge in [0.25, 0.3) is 10.0 Å². The molecule has 1 aromatic heterocycles. The number of hydrogen-bond acceptors (Lipinski definition) is 3. The van der Waals surface area contributed by atoms with E-state index in [1.165, 1.54) is 18.5 Å². The molecule has 0 aliphatic carbocycles. The highest BCUT2D eigenvalue weighted by Gasteiger charge is 2.22. The van der Waals surface area contributed by atoms with Gasteiger partial charge in [-0.25, -0.2) is 12.8 Å². The number of benzene rings is 1. The maximum atomic E-state index is 13.6. The summed E-state index contributed by atoms with van der Waals surface area (Å²) >= 11 is 14.4. The minimum Gasteiger partial charge on any atom is -0.278 e. The molecule has 0 amide bonds. The summed E-state index contributed by atoms with van der Waals surface area (Å²) in [4.78, 5) is 3.41. The zero-order valence-corrected chi connectivity index (χ0v) is 13.5. The Balaban J connectivity index is 2.47. The minimum absolute atomic E-state index is 0.251. The summed E-state index contributed by atoms with van der Waals surface area (Å²) < 4.78 is 40.7. The highest BCUT2D eigenvalue weighted by atomic mass is 79.9. The van der Waals surface area contributed by atoms with E-state index < -0.39 is 25.8 Å². The van der Waals surface area contributed by atoms with Crippen LogP contribution >= 0.6 is 39.1 Å². The van der Waals surface area contributed by atoms with Gasteiger partial charge in [0.1, 0.15) is 4.90 Å². The number of rotatable bonds is 3. The number of sulfonamides is 1. The fourth-order valence-electron chi connectivity index (χ4n) is 1.37. The number of hydrogen-bond donors (Lipinski definition) is 1. The molecule has 106 valence electrons. The molecule has 1 aromatic carbocycles. The number of halogens is 4. The van der Waals surface area contributed by atoms with Crippen molar-refractivity contribution < 1.29 is 12.8 Å². The predicted octanol–water partition coefficient (Wildman–Crippen LogP) is 4.09. The molecule has 9 heteroatoms. The molecule has 0 aliphatic rings. The fourth-order valence-corrected chi connectivity index (χ4v) is 3.68. The summed E-state index contributed by atoms with van der Waals surface area (Å²) in [6.45, 7) is 0. The van der Waals surface area contributed by atoms with Crippen molar-refractivity contribution >= 4 is 54.8 Å². The molecule has 0 radical (unpaired) electrons. The molecule has 0 saturated carbocycles. The van der Waals surface area contributed by atoms with E-state index in [-0.39, 0.29) is 10.7 Å². The van der Waals surface area contributed by atoms with Crippen LogP contribution in [0.5, 0.6) is 0 Å². The van der Waals surface area contributed by atoms with Crippen LogP contribution in [0.1, 0.15) is 0 Å². The van der Waals surface area contributed by atoms with Crippen molar-refractivity contribution in [3.05, 3.63) is 50.9 Å². The second-order valence-corrected chi connectivity index (χ2v) is 6.92. The van der Waals surface area contributed by atoms with Crippen LogP contribution in [0.4, 0.5) is 10.1 Å². The Labute approximate surface area is 133 Å². The molecule has 2 rings (SSSR count). The lowest BCUT2D eigenvalue weighted by Crippen LogP contribution is -2.14. The number of nitrogens with zero attached hydrogens (tertiary/aromatic N) is 1. The molecule has 4 nitrogen and oxygen atoms in total. The summed E-state index contributed by atoms with van der Waals surface area (Å²) in [5.74, 6) is -0.981. The van der Waals surface area contributed by atoms with E-state index in [0.29, 0.717) is 4.47 Å². The largest absolute Gasteiger partial charge is 0.278 e. The van der Waals surface area contributed by atoms with Crippen molar-refractivity contribution in [2.45, 2.75) is 4.90 Å². The Morgan fingerprint density at radius 2 is 1.95 bits per heavy atom. The van der Waals surface area contributed by atoms with Crippen LogP contribution in [0.3, 0.4) is 0 Å². The van der Waals surface area contributed by atoms with E-state index in [0.717, 1.165) is 12.1 Å². The fraction of sp³-hybridized carbons (Fsp3) is 0. The number of anilines is 1. The summed E-state index contributed by atoms with van der Waals surface area (Å²) in [6, 6.07) is 3.70. The molecule has 0 spiro atoms. The number of pyridine rings is 1. The number of nitrogens with one attached hydrogen (secondary N) is 1. The average Bonchev–Trinajstić information content (AvgIpc) is 2.38. The van der Waals surface area contributed by atoms with E-state index in [2.05, 4.69) is 25.6 Å². The summed E-state index contributed by atoms with van der Waals surface area (Å²) in [5, 5.41) is -0.811. The second-order valence-electron chi connectivity index (χ2n) is 3.63. The van der Waals surface area contributed by atoms with Crippen molar-refractivity contribution in [3.8, 4) is 0 Å². The minimum atomic E-state index is -4.04. The van der Waals surface area contributed by atoms with Gasteiger partial charge in [0.05, 0.1) is 20.2 Å². The Hall–Kier alpha value is -0.890. The summed E-state index contributed by atoms with van der Waals surface area (Å²) in [5.41, 5.74) is 0.256. The lowest BCUT2D eigenvalue weighted by Gasteiger charge is -2.11. The molecule has 0 unspecified atom stereocenters. The SMILES string of the molecule is O=S(=O)(Nc1ccncc1Br)c1ccc(Cl)c(F)c1Cl. The van der Waals surface area contributed by atoms with Gasteiger partial charge in [0.15, 0.2) is 5.82 Å². The van der Waals surface area contributed by atoms with Crippen LogP contribution in [-0.4, -0.2) is 13.4 Å². The molecule has 20 heavy (non-hydrogen) atoms. The highest BCUT2D eigenvalue weighted by molar-refractivity contribution is 9.10. The van der Waals surface area contributed by atoms with Gasteiger partial charge in [0, 0.05) is 12.4 Å². The first kappa shape index (κ1) is 15.5. The lowest BCUT2D eigenvalue weighted by molar-refractivity contribution is 0.595. The van der Waals surface area contributed by atoms with Crippen molar-refractivity contribution in [1.29, 1.82) is 0 Å². The van der Waals surface area contributed by atoms with E-state index in [4.69, 9.17) is 23.2 Å². The Bertz CT molecular complexity index is 771. The van der Waals surface area contributed by atoms with Gasteiger partial charge in [-0.2, -0.15) is 0 Å². The zero-order valence-electron chi connectivity index (χ0n) is 9.57. The Morgan fingerprint density at radius 1 is 1.25 bits per heavy atom. The predicted molar refractivity (Wildman–Crippen MR) is 79.2 cm³/mol. The van der Waals surface area contributed by atoms with Crippen LogP contribution in [0, 0.1) is 5.82 Å². The van der Waals surface area contributed by atoms with Crippen molar-refractivity contribution in [2.24, 2.45) is 0 Å². The lowest BCUT2D eigenvalue weighted by atomic mass is 10.3. The van der Waals surface area contributed by atoms with Gasteiger partial charge in [-0.1, -0.05) is 23.2 Å². The molecule has 0 fully saturated rings. The maximum absolute atomic E-state index is 13.6. The molecule has 0 aliphatic heterocycles. The first-order chi connectivity index (χ1) is 9.33. The van der Waals surface area contributed by atoms with Crippen molar-refractivity contribution in [3.63, 3.8) is 0 Å². The second kappa shape index (κ2) is 5.85. The summed E-state index contributed by atoms with van der Waals surface area (Å²) in [7, 11) is -4.04. The molecule has 0 bridgehead atoms. The van der Waals surface area contributed by atoms with E-state index in [1.54, 1.807) is 0 Å². The quantitative estimate of drug-likeness (QED) is 0.790. The molecular weight excluding hydrogens is 394 g/mol. The van der Waals surface area contributed by atoms with Crippen LogP contribution in [-0.2, 0) is 10.0 Å². The van der Waals surface area contributed by atoms with Crippen LogP contribution in [0.15, 0.2) is 40.0 Å². The molecule has 0 atom stereocenters. The van der Waals surface area contributed by atoms with E-state index >= 15 is 0 Å². The third kappa shape index (κ3) is 3.06. The maximum Gasteiger partial charge on any atom is 0.263 e. The Kier molecular flexibility index (Phi) is 4.53. The van der Waals surface area contributed by atoms with Crippen LogP contribution in [0.2, 0.25) is 10.0 Å². The first-order valence-electron chi connectivity index (χ1n) is 5.09. The molecule has 1 N–H and O–H groups in total. The van der Waals surface area contributed by atoms with Gasteiger partial charge in [-0.3, -0.25) is 9.71 Å². The third-order valence-electron chi connectivity index (χ3n) is 2.31. The summed E-state index contributed by atoms with van der Waals surface area (Å²) in [6.07, 6.45) is 2.83. The normalized spacial score (nSPS) is 11.4. The van der Waals surface area contributed by atoms with Crippen LogP contribution in [0.25, 0.3) is 0 Å². The molecule has 2 aromatic rings. The van der Waals surface area contributed by atoms with Crippen LogP contribution < -0.4 is 4.72 Å². The Morgan fingerprint density at radius 3 is 2.60 bits per heavy atom. The molecular formula is C11H6BrCl2FN2O2S. The first-order valence-corrected chi connectivity index (χ1v) is 8.12. The average molecular weight is 400 g/mol. The topological polar surface area (TPSA) is 59.1 Å². The monoisotopic (exact) mass is 398 g/mol. The standard InChI is InChI=1S/C11H6BrCl2FN2O2S/c12-6-5-16-4-3-8(6)17-20(18,19)9-2-1-7(13)11(15)10(9)14/h1-5H,(H,16,17). The number of aromatic nitrogens is 1. The van der Waals surface area contributed by atoms with E-state index in [1.807, 2.05) is 0 Å². The third-order valence-corrected chi connectivity index (χ3v) is 5.12. The van der Waals surface area contributed by atoms with Gasteiger partial charge >= 0.3 is 0 Å². The smallest absolute Gasteiger partial charge is 0.263 e. The zero-order chi connectivity index (χ0) is 14.9. The van der Waals surface area contributed by atoms with Gasteiger partial charge in [-0.05, 0) is 34.1 Å². The highest BCUT2D eigenvalue weighted by Crippen LogP contribution is 2.31. The molecule has 1 heterocycles.